The summed E-state index contributed by atoms with van der Waals surface area (Å²) in [5.74, 6) is -1.36. The highest BCUT2D eigenvalue weighted by molar-refractivity contribution is 5.81. The summed E-state index contributed by atoms with van der Waals surface area (Å²) in [6.07, 6.45) is 2.69. The lowest BCUT2D eigenvalue weighted by molar-refractivity contribution is -0.147. The van der Waals surface area contributed by atoms with E-state index in [4.69, 9.17) is 10.2 Å². The number of aliphatic hydroxyl groups is 1. The second-order valence-corrected chi connectivity index (χ2v) is 4.29. The van der Waals surface area contributed by atoms with E-state index in [1.807, 2.05) is 0 Å². The van der Waals surface area contributed by atoms with Crippen molar-refractivity contribution in [3.63, 3.8) is 0 Å². The maximum absolute atomic E-state index is 11.7. The quantitative estimate of drug-likeness (QED) is 0.521. The molecule has 0 aromatic rings. The predicted molar refractivity (Wildman–Crippen MR) is 61.5 cm³/mol. The van der Waals surface area contributed by atoms with Gasteiger partial charge in [0.2, 0.25) is 5.91 Å². The molecule has 2 atom stereocenters. The molecular weight excluding hydrogens is 224 g/mol. The lowest BCUT2D eigenvalue weighted by atomic mass is 10.1. The highest BCUT2D eigenvalue weighted by atomic mass is 16.4. The first-order valence-corrected chi connectivity index (χ1v) is 6.03. The second-order valence-electron chi connectivity index (χ2n) is 4.29. The van der Waals surface area contributed by atoms with Gasteiger partial charge >= 0.3 is 5.97 Å². The highest BCUT2D eigenvalue weighted by Gasteiger charge is 2.19. The third kappa shape index (κ3) is 5.14. The summed E-state index contributed by atoms with van der Waals surface area (Å²) in [6, 6.07) is -0.181. The third-order valence-corrected chi connectivity index (χ3v) is 2.88. The molecule has 0 radical (unpaired) electrons. The number of carbonyl (C=O) groups is 2. The normalized spacial score (nSPS) is 22.5. The summed E-state index contributed by atoms with van der Waals surface area (Å²) < 4.78 is 0. The van der Waals surface area contributed by atoms with Crippen molar-refractivity contribution in [1.29, 1.82) is 0 Å². The fraction of sp³-hybridized carbons (Fsp3) is 0.818. The van der Waals surface area contributed by atoms with E-state index in [2.05, 4.69) is 10.6 Å². The lowest BCUT2D eigenvalue weighted by Gasteiger charge is -2.15. The van der Waals surface area contributed by atoms with E-state index in [-0.39, 0.29) is 24.9 Å². The number of carboxylic acid groups (broad SMARTS) is 1. The molecule has 0 aromatic heterocycles. The zero-order valence-electron chi connectivity index (χ0n) is 9.82. The SMILES string of the molecule is O=C(NCC[C@H](O)C(=O)O)C1CCCCCN1. The van der Waals surface area contributed by atoms with Crippen LogP contribution in [0.1, 0.15) is 32.1 Å². The van der Waals surface area contributed by atoms with Crippen LogP contribution in [0.4, 0.5) is 0 Å². The number of nitrogens with one attached hydrogen (secondary N) is 2. The van der Waals surface area contributed by atoms with Crippen LogP contribution in [0.5, 0.6) is 0 Å². The minimum atomic E-state index is -1.41. The molecule has 0 spiro atoms. The van der Waals surface area contributed by atoms with Gasteiger partial charge in [0, 0.05) is 13.0 Å². The van der Waals surface area contributed by atoms with Gasteiger partial charge in [0.1, 0.15) is 0 Å². The van der Waals surface area contributed by atoms with E-state index in [0.29, 0.717) is 0 Å². The standard InChI is InChI=1S/C11H20N2O4/c14-9(11(16)17)5-7-13-10(15)8-4-2-1-3-6-12-8/h8-9,12,14H,1-7H2,(H,13,15)(H,16,17)/t8?,9-/m0/s1. The van der Waals surface area contributed by atoms with E-state index in [0.717, 1.165) is 32.2 Å². The first-order chi connectivity index (χ1) is 8.11. The first-order valence-electron chi connectivity index (χ1n) is 6.03. The van der Waals surface area contributed by atoms with Crippen molar-refractivity contribution in [2.75, 3.05) is 13.1 Å². The first kappa shape index (κ1) is 13.9. The van der Waals surface area contributed by atoms with Gasteiger partial charge in [0.05, 0.1) is 6.04 Å². The summed E-state index contributed by atoms with van der Waals surface area (Å²) in [4.78, 5) is 22.0. The number of aliphatic hydroxyl groups excluding tert-OH is 1. The van der Waals surface area contributed by atoms with Crippen molar-refractivity contribution in [1.82, 2.24) is 10.6 Å². The summed E-state index contributed by atoms with van der Waals surface area (Å²) >= 11 is 0. The van der Waals surface area contributed by atoms with Crippen molar-refractivity contribution >= 4 is 11.9 Å². The van der Waals surface area contributed by atoms with Crippen LogP contribution in [-0.4, -0.2) is 47.3 Å². The van der Waals surface area contributed by atoms with Crippen molar-refractivity contribution in [2.24, 2.45) is 0 Å². The molecule has 1 aliphatic rings. The predicted octanol–water partition coefficient (Wildman–Crippen LogP) is -0.530. The van der Waals surface area contributed by atoms with Gasteiger partial charge in [0.15, 0.2) is 6.10 Å². The van der Waals surface area contributed by atoms with Crippen LogP contribution in [0, 0.1) is 0 Å². The Balaban J connectivity index is 2.21. The minimum absolute atomic E-state index is 0.0355. The molecule has 6 heteroatoms. The van der Waals surface area contributed by atoms with Crippen LogP contribution in [0.25, 0.3) is 0 Å². The number of amides is 1. The topological polar surface area (TPSA) is 98.7 Å². The Kier molecular flexibility index (Phi) is 5.93. The highest BCUT2D eigenvalue weighted by Crippen LogP contribution is 2.08. The average Bonchev–Trinajstić information content (AvgIpc) is 2.57. The molecule has 1 aliphatic heterocycles. The van der Waals surface area contributed by atoms with Gasteiger partial charge in [0.25, 0.3) is 0 Å². The van der Waals surface area contributed by atoms with Crippen LogP contribution in [-0.2, 0) is 9.59 Å². The van der Waals surface area contributed by atoms with Gasteiger partial charge in [-0.2, -0.15) is 0 Å². The average molecular weight is 244 g/mol. The van der Waals surface area contributed by atoms with Crippen LogP contribution in [0.15, 0.2) is 0 Å². The molecule has 98 valence electrons. The largest absolute Gasteiger partial charge is 0.479 e. The molecule has 6 nitrogen and oxygen atoms in total. The summed E-state index contributed by atoms with van der Waals surface area (Å²) in [5.41, 5.74) is 0. The van der Waals surface area contributed by atoms with Crippen molar-refractivity contribution < 1.29 is 19.8 Å². The zero-order chi connectivity index (χ0) is 12.7. The molecule has 17 heavy (non-hydrogen) atoms. The van der Waals surface area contributed by atoms with Crippen molar-refractivity contribution in [2.45, 2.75) is 44.2 Å². The molecule has 1 unspecified atom stereocenters. The van der Waals surface area contributed by atoms with Crippen LogP contribution in [0.2, 0.25) is 0 Å². The van der Waals surface area contributed by atoms with Crippen LogP contribution < -0.4 is 10.6 Å². The fourth-order valence-electron chi connectivity index (χ4n) is 1.83. The molecule has 1 heterocycles. The van der Waals surface area contributed by atoms with Gasteiger partial charge in [-0.15, -0.1) is 0 Å². The summed E-state index contributed by atoms with van der Waals surface area (Å²) in [6.45, 7) is 1.03. The molecule has 0 bridgehead atoms. The van der Waals surface area contributed by atoms with E-state index in [9.17, 15) is 9.59 Å². The Labute approximate surface area is 100 Å². The smallest absolute Gasteiger partial charge is 0.332 e. The minimum Gasteiger partial charge on any atom is -0.479 e. The van der Waals surface area contributed by atoms with Gasteiger partial charge < -0.3 is 20.8 Å². The van der Waals surface area contributed by atoms with Crippen molar-refractivity contribution in [3.8, 4) is 0 Å². The van der Waals surface area contributed by atoms with E-state index in [1.54, 1.807) is 0 Å². The van der Waals surface area contributed by atoms with Gasteiger partial charge in [-0.3, -0.25) is 4.79 Å². The molecule has 4 N–H and O–H groups in total. The number of rotatable bonds is 5. The van der Waals surface area contributed by atoms with Gasteiger partial charge in [-0.25, -0.2) is 4.79 Å². The molecule has 1 amide bonds. The molecule has 0 saturated carbocycles. The van der Waals surface area contributed by atoms with Crippen LogP contribution in [0.3, 0.4) is 0 Å². The monoisotopic (exact) mass is 244 g/mol. The molecule has 0 aliphatic carbocycles. The molecular formula is C11H20N2O4. The number of aliphatic carboxylic acids is 1. The molecule has 1 saturated heterocycles. The van der Waals surface area contributed by atoms with Gasteiger partial charge in [-0.1, -0.05) is 12.8 Å². The molecule has 1 rings (SSSR count). The molecule has 0 aromatic carbocycles. The number of carbonyl (C=O) groups excluding carboxylic acids is 1. The van der Waals surface area contributed by atoms with Crippen LogP contribution >= 0.6 is 0 Å². The van der Waals surface area contributed by atoms with E-state index in [1.165, 1.54) is 0 Å². The second kappa shape index (κ2) is 7.24. The Morgan fingerprint density at radius 2 is 2.12 bits per heavy atom. The Morgan fingerprint density at radius 3 is 2.82 bits per heavy atom. The maximum Gasteiger partial charge on any atom is 0.332 e. The Bertz CT molecular complexity index is 262. The number of hydrogen-bond donors (Lipinski definition) is 4. The Hall–Kier alpha value is -1.14. The molecule has 1 fully saturated rings. The number of carboxylic acids is 1. The van der Waals surface area contributed by atoms with Crippen molar-refractivity contribution in [3.05, 3.63) is 0 Å². The fourth-order valence-corrected chi connectivity index (χ4v) is 1.83. The van der Waals surface area contributed by atoms with E-state index >= 15 is 0 Å². The lowest BCUT2D eigenvalue weighted by Crippen LogP contribution is -2.44. The summed E-state index contributed by atoms with van der Waals surface area (Å²) in [7, 11) is 0. The number of hydrogen-bond acceptors (Lipinski definition) is 4. The van der Waals surface area contributed by atoms with Gasteiger partial charge in [-0.05, 0) is 19.4 Å². The maximum atomic E-state index is 11.7. The zero-order valence-corrected chi connectivity index (χ0v) is 9.82. The van der Waals surface area contributed by atoms with E-state index < -0.39 is 12.1 Å². The Morgan fingerprint density at radius 1 is 1.35 bits per heavy atom. The third-order valence-electron chi connectivity index (χ3n) is 2.88. The summed E-state index contributed by atoms with van der Waals surface area (Å²) in [5, 5.41) is 23.3.